The fraction of sp³-hybridized carbons (Fsp3) is 0.786. The van der Waals surface area contributed by atoms with Crippen LogP contribution in [0.5, 0.6) is 0 Å². The summed E-state index contributed by atoms with van der Waals surface area (Å²) in [6.07, 6.45) is 4.39. The number of rotatable bonds is 3. The molecule has 0 radical (unpaired) electrons. The van der Waals surface area contributed by atoms with Gasteiger partial charge < -0.3 is 9.84 Å². The molecule has 0 bridgehead atoms. The van der Waals surface area contributed by atoms with E-state index >= 15 is 0 Å². The van der Waals surface area contributed by atoms with E-state index in [4.69, 9.17) is 4.52 Å². The number of carbonyl (C=O) groups is 1. The fourth-order valence-electron chi connectivity index (χ4n) is 3.31. The second-order valence-corrected chi connectivity index (χ2v) is 6.63. The summed E-state index contributed by atoms with van der Waals surface area (Å²) in [7, 11) is 0. The maximum atomic E-state index is 12.3. The molecule has 5 heteroatoms. The van der Waals surface area contributed by atoms with Gasteiger partial charge in [0.2, 0.25) is 12.3 Å². The molecule has 0 aliphatic heterocycles. The highest BCUT2D eigenvalue weighted by atomic mass is 16.5. The van der Waals surface area contributed by atoms with Crippen molar-refractivity contribution in [2.45, 2.75) is 53.0 Å². The summed E-state index contributed by atoms with van der Waals surface area (Å²) >= 11 is 0. The third kappa shape index (κ3) is 3.55. The summed E-state index contributed by atoms with van der Waals surface area (Å²) in [6.45, 7) is 8.58. The summed E-state index contributed by atoms with van der Waals surface area (Å²) in [6, 6.07) is -0.202. The van der Waals surface area contributed by atoms with Crippen molar-refractivity contribution in [2.24, 2.45) is 17.3 Å². The zero-order valence-corrected chi connectivity index (χ0v) is 12.1. The standard InChI is InChI=1S/C14H23N3O2/c1-9-5-11(7-14(3,4)6-9)13(18)16-10(2)12-15-8-19-17-12/h8-11H,5-7H2,1-4H3,(H,16,18)/t9-,10-,11-/m1/s1. The van der Waals surface area contributed by atoms with Gasteiger partial charge in [0.15, 0.2) is 5.82 Å². The number of hydrogen-bond donors (Lipinski definition) is 1. The van der Waals surface area contributed by atoms with E-state index in [0.717, 1.165) is 12.8 Å². The zero-order valence-electron chi connectivity index (χ0n) is 12.1. The second kappa shape index (κ2) is 5.31. The molecule has 1 amide bonds. The Kier molecular flexibility index (Phi) is 3.92. The molecule has 19 heavy (non-hydrogen) atoms. The zero-order chi connectivity index (χ0) is 14.0. The van der Waals surface area contributed by atoms with Crippen LogP contribution in [-0.2, 0) is 4.79 Å². The molecule has 1 aliphatic carbocycles. The molecule has 1 N–H and O–H groups in total. The molecule has 1 fully saturated rings. The predicted octanol–water partition coefficient (Wildman–Crippen LogP) is 2.71. The average molecular weight is 265 g/mol. The van der Waals surface area contributed by atoms with Crippen LogP contribution in [0, 0.1) is 17.3 Å². The number of amides is 1. The molecule has 5 nitrogen and oxygen atoms in total. The minimum atomic E-state index is -0.202. The molecule has 1 aromatic heterocycles. The largest absolute Gasteiger partial charge is 0.346 e. The normalized spacial score (nSPS) is 27.8. The number of nitrogens with one attached hydrogen (secondary N) is 1. The Morgan fingerprint density at radius 1 is 1.53 bits per heavy atom. The number of carbonyl (C=O) groups excluding carboxylic acids is 1. The predicted molar refractivity (Wildman–Crippen MR) is 71.1 cm³/mol. The molecule has 0 saturated heterocycles. The quantitative estimate of drug-likeness (QED) is 0.912. The van der Waals surface area contributed by atoms with Crippen LogP contribution in [-0.4, -0.2) is 16.0 Å². The lowest BCUT2D eigenvalue weighted by molar-refractivity contribution is -0.128. The van der Waals surface area contributed by atoms with Crippen molar-refractivity contribution in [2.75, 3.05) is 0 Å². The first kappa shape index (κ1) is 14.0. The third-order valence-electron chi connectivity index (χ3n) is 3.88. The average Bonchev–Trinajstić information content (AvgIpc) is 2.79. The third-order valence-corrected chi connectivity index (χ3v) is 3.88. The smallest absolute Gasteiger partial charge is 0.223 e. The number of nitrogens with zero attached hydrogens (tertiary/aromatic N) is 2. The molecule has 0 spiro atoms. The minimum absolute atomic E-state index is 0.0908. The lowest BCUT2D eigenvalue weighted by atomic mass is 9.68. The minimum Gasteiger partial charge on any atom is -0.346 e. The van der Waals surface area contributed by atoms with E-state index in [1.165, 1.54) is 12.8 Å². The van der Waals surface area contributed by atoms with Crippen molar-refractivity contribution >= 4 is 5.91 Å². The first-order valence-corrected chi connectivity index (χ1v) is 6.94. The molecule has 2 rings (SSSR count). The van der Waals surface area contributed by atoms with Gasteiger partial charge in [-0.2, -0.15) is 4.98 Å². The van der Waals surface area contributed by atoms with E-state index in [-0.39, 0.29) is 23.3 Å². The second-order valence-electron chi connectivity index (χ2n) is 6.63. The lowest BCUT2D eigenvalue weighted by Gasteiger charge is -2.38. The van der Waals surface area contributed by atoms with Crippen LogP contribution in [0.1, 0.15) is 58.8 Å². The van der Waals surface area contributed by atoms with Gasteiger partial charge in [-0.15, -0.1) is 0 Å². The highest BCUT2D eigenvalue weighted by Crippen LogP contribution is 2.41. The van der Waals surface area contributed by atoms with E-state index in [9.17, 15) is 4.79 Å². The van der Waals surface area contributed by atoms with Crippen molar-refractivity contribution in [1.82, 2.24) is 15.5 Å². The Balaban J connectivity index is 1.96. The summed E-state index contributed by atoms with van der Waals surface area (Å²) in [4.78, 5) is 16.3. The van der Waals surface area contributed by atoms with E-state index in [2.05, 4.69) is 36.2 Å². The Bertz CT molecular complexity index is 428. The number of aromatic nitrogens is 2. The van der Waals surface area contributed by atoms with Crippen molar-refractivity contribution < 1.29 is 9.32 Å². The van der Waals surface area contributed by atoms with Crippen LogP contribution in [0.3, 0.4) is 0 Å². The van der Waals surface area contributed by atoms with E-state index in [1.807, 2.05) is 6.92 Å². The van der Waals surface area contributed by atoms with Crippen molar-refractivity contribution in [3.05, 3.63) is 12.2 Å². The van der Waals surface area contributed by atoms with E-state index in [1.54, 1.807) is 0 Å². The van der Waals surface area contributed by atoms with Crippen molar-refractivity contribution in [1.29, 1.82) is 0 Å². The van der Waals surface area contributed by atoms with Gasteiger partial charge in [-0.25, -0.2) is 0 Å². The van der Waals surface area contributed by atoms with Gasteiger partial charge in [-0.1, -0.05) is 25.9 Å². The SMILES string of the molecule is C[C@@H]1C[C@@H](C(=O)N[C@H](C)c2ncon2)CC(C)(C)C1. The number of hydrogen-bond acceptors (Lipinski definition) is 4. The van der Waals surface area contributed by atoms with Crippen LogP contribution in [0.25, 0.3) is 0 Å². The van der Waals surface area contributed by atoms with Gasteiger partial charge in [0, 0.05) is 5.92 Å². The maximum Gasteiger partial charge on any atom is 0.223 e. The van der Waals surface area contributed by atoms with E-state index < -0.39 is 0 Å². The van der Waals surface area contributed by atoms with Crippen LogP contribution >= 0.6 is 0 Å². The summed E-state index contributed by atoms with van der Waals surface area (Å²) in [5, 5.41) is 6.74. The van der Waals surface area contributed by atoms with Crippen LogP contribution in [0.2, 0.25) is 0 Å². The van der Waals surface area contributed by atoms with Crippen LogP contribution in [0.15, 0.2) is 10.9 Å². The van der Waals surface area contributed by atoms with Gasteiger partial charge in [-0.05, 0) is 37.5 Å². The summed E-state index contributed by atoms with van der Waals surface area (Å²) in [5.74, 6) is 1.32. The molecule has 3 atom stereocenters. The fourth-order valence-corrected chi connectivity index (χ4v) is 3.31. The first-order chi connectivity index (χ1) is 8.87. The van der Waals surface area contributed by atoms with Crippen molar-refractivity contribution in [3.63, 3.8) is 0 Å². The Labute approximate surface area is 114 Å². The topological polar surface area (TPSA) is 68.0 Å². The first-order valence-electron chi connectivity index (χ1n) is 6.94. The van der Waals surface area contributed by atoms with Gasteiger partial charge in [0.25, 0.3) is 0 Å². The maximum absolute atomic E-state index is 12.3. The Morgan fingerprint density at radius 3 is 2.84 bits per heavy atom. The molecule has 106 valence electrons. The molecular formula is C14H23N3O2. The molecule has 1 saturated carbocycles. The van der Waals surface area contributed by atoms with Crippen LogP contribution < -0.4 is 5.32 Å². The summed E-state index contributed by atoms with van der Waals surface area (Å²) < 4.78 is 4.70. The van der Waals surface area contributed by atoms with Gasteiger partial charge >= 0.3 is 0 Å². The van der Waals surface area contributed by atoms with Gasteiger partial charge in [-0.3, -0.25) is 4.79 Å². The van der Waals surface area contributed by atoms with Gasteiger partial charge in [0.1, 0.15) is 0 Å². The summed E-state index contributed by atoms with van der Waals surface area (Å²) in [5.41, 5.74) is 0.245. The molecule has 0 aromatic carbocycles. The molecule has 1 heterocycles. The lowest BCUT2D eigenvalue weighted by Crippen LogP contribution is -2.39. The molecule has 0 unspecified atom stereocenters. The van der Waals surface area contributed by atoms with E-state index in [0.29, 0.717) is 11.7 Å². The molecule has 1 aliphatic rings. The highest BCUT2D eigenvalue weighted by molar-refractivity contribution is 5.79. The Hall–Kier alpha value is -1.39. The molecule has 1 aromatic rings. The van der Waals surface area contributed by atoms with Crippen molar-refractivity contribution in [3.8, 4) is 0 Å². The Morgan fingerprint density at radius 2 is 2.26 bits per heavy atom. The monoisotopic (exact) mass is 265 g/mol. The van der Waals surface area contributed by atoms with Gasteiger partial charge in [0.05, 0.1) is 6.04 Å². The van der Waals surface area contributed by atoms with Crippen LogP contribution in [0.4, 0.5) is 0 Å². The highest BCUT2D eigenvalue weighted by Gasteiger charge is 2.36. The molecular weight excluding hydrogens is 242 g/mol.